The van der Waals surface area contributed by atoms with Crippen molar-refractivity contribution < 1.29 is 26.4 Å². The number of rotatable bonds is 10. The van der Waals surface area contributed by atoms with Gasteiger partial charge < -0.3 is 9.47 Å². The zero-order valence-corrected chi connectivity index (χ0v) is 10.4. The third kappa shape index (κ3) is 22.2. The van der Waals surface area contributed by atoms with Gasteiger partial charge in [-0.25, -0.2) is 4.18 Å². The van der Waals surface area contributed by atoms with E-state index in [0.29, 0.717) is 13.2 Å². The highest BCUT2D eigenvalue weighted by molar-refractivity contribution is 7.81. The first-order chi connectivity index (χ1) is 7.55. The maximum absolute atomic E-state index is 10.6. The van der Waals surface area contributed by atoms with Crippen LogP contribution in [0, 0.1) is 0 Å². The molecule has 0 aromatic carbocycles. The molecule has 0 amide bonds. The molecule has 0 aliphatic rings. The molecule has 21 heavy (non-hydrogen) atoms. The van der Waals surface area contributed by atoms with E-state index >= 15 is 0 Å². The Morgan fingerprint density at radius 1 is 1.00 bits per heavy atom. The minimum atomic E-state index is -4.07. The van der Waals surface area contributed by atoms with E-state index in [1.165, 1.54) is 0 Å². The molecule has 0 heterocycles. The number of hydrogen-bond donors (Lipinski definition) is 1. The van der Waals surface area contributed by atoms with Crippen molar-refractivity contribution in [2.45, 2.75) is 63.5 Å². The fourth-order valence-corrected chi connectivity index (χ4v) is 1.24. The third-order valence-corrected chi connectivity index (χ3v) is 2.44. The van der Waals surface area contributed by atoms with Gasteiger partial charge in [0.25, 0.3) is 0 Å². The van der Waals surface area contributed by atoms with Crippen LogP contribution in [0.15, 0.2) is 0 Å². The lowest BCUT2D eigenvalue weighted by molar-refractivity contribution is -0.0246. The van der Waals surface area contributed by atoms with E-state index in [0.717, 1.165) is 6.42 Å². The lowest BCUT2D eigenvalue weighted by atomic mass is 10.3. The molecule has 0 rings (SSSR count). The Labute approximate surface area is 133 Å². The minimum absolute atomic E-state index is 0. The van der Waals surface area contributed by atoms with Gasteiger partial charge in [0.1, 0.15) is 0 Å². The van der Waals surface area contributed by atoms with E-state index in [2.05, 4.69) is 14.4 Å². The van der Waals surface area contributed by atoms with Crippen LogP contribution in [0.3, 0.4) is 0 Å². The Morgan fingerprint density at radius 2 is 1.52 bits per heavy atom. The van der Waals surface area contributed by atoms with Crippen LogP contribution < -0.4 is 5.90 Å². The lowest BCUT2D eigenvalue weighted by Crippen LogP contribution is -2.23. The summed E-state index contributed by atoms with van der Waals surface area (Å²) in [5.74, 6) is 4.47. The zero-order chi connectivity index (χ0) is 12.4. The summed E-state index contributed by atoms with van der Waals surface area (Å²) in [6.07, 6.45) is 0.713. The van der Waals surface area contributed by atoms with Crippen molar-refractivity contribution >= 4 is 10.4 Å². The average molecular weight is 338 g/mol. The number of ether oxygens (including phenoxy) is 2. The molecule has 0 spiro atoms. The van der Waals surface area contributed by atoms with Crippen molar-refractivity contribution in [3.05, 3.63) is 0 Å². The fourth-order valence-electron chi connectivity index (χ4n) is 0.912. The SMILES string of the molecule is C.C.C.C.C.CCOCC(CC)OCCOS(=O)(=O)ON. The molecule has 0 aromatic rings. The summed E-state index contributed by atoms with van der Waals surface area (Å²) in [6.45, 7) is 4.93. The van der Waals surface area contributed by atoms with Crippen LogP contribution in [0.4, 0.5) is 0 Å². The van der Waals surface area contributed by atoms with E-state index in [1.54, 1.807) is 0 Å². The van der Waals surface area contributed by atoms with E-state index in [4.69, 9.17) is 9.47 Å². The van der Waals surface area contributed by atoms with Gasteiger partial charge in [0.2, 0.25) is 0 Å². The monoisotopic (exact) mass is 337 g/mol. The molecule has 7 nitrogen and oxygen atoms in total. The third-order valence-electron chi connectivity index (χ3n) is 1.75. The van der Waals surface area contributed by atoms with Crippen molar-refractivity contribution in [3.63, 3.8) is 0 Å². The van der Waals surface area contributed by atoms with E-state index in [-0.39, 0.29) is 56.5 Å². The summed E-state index contributed by atoms with van der Waals surface area (Å²) in [6, 6.07) is 0. The molecule has 1 unspecified atom stereocenters. The van der Waals surface area contributed by atoms with Crippen LogP contribution in [0.2, 0.25) is 0 Å². The topological polar surface area (TPSA) is 97.1 Å². The standard InChI is InChI=1S/C8H19NO6S.5CH4/c1-3-8(7-12-4-2)13-5-6-14-16(10,11)15-9;;;;;/h8H,3-7,9H2,1-2H3;5*1H4. The van der Waals surface area contributed by atoms with Crippen LogP contribution in [0.5, 0.6) is 0 Å². The summed E-state index contributed by atoms with van der Waals surface area (Å²) < 4.78 is 39.7. The first kappa shape index (κ1) is 37.2. The van der Waals surface area contributed by atoms with Crippen LogP contribution >= 0.6 is 0 Å². The van der Waals surface area contributed by atoms with Crippen molar-refractivity contribution in [1.82, 2.24) is 0 Å². The average Bonchev–Trinajstić information content (AvgIpc) is 2.28. The highest BCUT2D eigenvalue weighted by Gasteiger charge is 2.11. The second-order valence-corrected chi connectivity index (χ2v) is 4.13. The van der Waals surface area contributed by atoms with Gasteiger partial charge in [-0.3, -0.25) is 0 Å². The quantitative estimate of drug-likeness (QED) is 0.483. The van der Waals surface area contributed by atoms with Crippen LogP contribution in [-0.2, 0) is 28.3 Å². The predicted octanol–water partition coefficient (Wildman–Crippen LogP) is 3.15. The summed E-state index contributed by atoms with van der Waals surface area (Å²) in [4.78, 5) is 0. The molecule has 8 heteroatoms. The maximum atomic E-state index is 10.6. The first-order valence-electron chi connectivity index (χ1n) is 5.02. The molecule has 138 valence electrons. The van der Waals surface area contributed by atoms with Crippen molar-refractivity contribution in [1.29, 1.82) is 0 Å². The molecule has 0 aliphatic carbocycles. The van der Waals surface area contributed by atoms with Crippen LogP contribution in [0.1, 0.15) is 57.4 Å². The van der Waals surface area contributed by atoms with Crippen LogP contribution in [0.25, 0.3) is 0 Å². The Kier molecular flexibility index (Phi) is 39.0. The van der Waals surface area contributed by atoms with E-state index in [1.807, 2.05) is 13.8 Å². The fraction of sp³-hybridized carbons (Fsp3) is 1.00. The van der Waals surface area contributed by atoms with Gasteiger partial charge in [0.15, 0.2) is 0 Å². The molecule has 2 N–H and O–H groups in total. The first-order valence-corrected chi connectivity index (χ1v) is 6.36. The van der Waals surface area contributed by atoms with E-state index in [9.17, 15) is 8.42 Å². The molecule has 0 aromatic heterocycles. The van der Waals surface area contributed by atoms with Gasteiger partial charge in [-0.15, -0.1) is 0 Å². The van der Waals surface area contributed by atoms with Crippen molar-refractivity contribution in [2.24, 2.45) is 5.90 Å². The molecule has 1 atom stereocenters. The van der Waals surface area contributed by atoms with Crippen molar-refractivity contribution in [3.8, 4) is 0 Å². The highest BCUT2D eigenvalue weighted by Crippen LogP contribution is 2.00. The van der Waals surface area contributed by atoms with Gasteiger partial charge in [-0.1, -0.05) is 44.1 Å². The minimum Gasteiger partial charge on any atom is -0.379 e. The Balaban J connectivity index is -0.000000112. The van der Waals surface area contributed by atoms with Gasteiger partial charge >= 0.3 is 10.4 Å². The van der Waals surface area contributed by atoms with Gasteiger partial charge in [-0.2, -0.15) is 18.6 Å². The molecular weight excluding hydrogens is 298 g/mol. The van der Waals surface area contributed by atoms with E-state index < -0.39 is 10.4 Å². The Morgan fingerprint density at radius 3 is 1.90 bits per heavy atom. The second-order valence-electron chi connectivity index (χ2n) is 2.89. The lowest BCUT2D eigenvalue weighted by Gasteiger charge is -2.15. The normalized spacial score (nSPS) is 10.6. The summed E-state index contributed by atoms with van der Waals surface area (Å²) >= 11 is 0. The molecule has 0 aliphatic heterocycles. The summed E-state index contributed by atoms with van der Waals surface area (Å²) in [5.41, 5.74) is 0. The largest absolute Gasteiger partial charge is 0.415 e. The second kappa shape index (κ2) is 22.0. The maximum Gasteiger partial charge on any atom is 0.415 e. The zero-order valence-electron chi connectivity index (χ0n) is 9.55. The highest BCUT2D eigenvalue weighted by atomic mass is 32.3. The molecular formula is C13H39NO6S. The smallest absolute Gasteiger partial charge is 0.379 e. The van der Waals surface area contributed by atoms with Crippen molar-refractivity contribution in [2.75, 3.05) is 26.4 Å². The van der Waals surface area contributed by atoms with Gasteiger partial charge in [0.05, 0.1) is 25.9 Å². The van der Waals surface area contributed by atoms with Gasteiger partial charge in [-0.05, 0) is 13.3 Å². The molecule has 0 bridgehead atoms. The summed E-state index contributed by atoms with van der Waals surface area (Å²) in [5, 5.41) is 0. The predicted molar refractivity (Wildman–Crippen MR) is 90.3 cm³/mol. The number of hydrogen-bond acceptors (Lipinski definition) is 7. The number of nitrogens with two attached hydrogens (primary N) is 1. The Bertz CT molecular complexity index is 259. The summed E-state index contributed by atoms with van der Waals surface area (Å²) in [7, 11) is -4.07. The van der Waals surface area contributed by atoms with Crippen LogP contribution in [-0.4, -0.2) is 40.9 Å². The van der Waals surface area contributed by atoms with Gasteiger partial charge in [0, 0.05) is 6.61 Å². The molecule has 0 fully saturated rings. The molecule has 0 saturated carbocycles. The Hall–Kier alpha value is -0.250. The molecule has 0 radical (unpaired) electrons. The molecule has 0 saturated heterocycles.